The van der Waals surface area contributed by atoms with E-state index in [-0.39, 0.29) is 15.6 Å². The van der Waals surface area contributed by atoms with Gasteiger partial charge in [-0.3, -0.25) is 4.79 Å². The highest BCUT2D eigenvalue weighted by Crippen LogP contribution is 2.31. The van der Waals surface area contributed by atoms with E-state index in [4.69, 9.17) is 28.3 Å². The van der Waals surface area contributed by atoms with Gasteiger partial charge in [0.15, 0.2) is 0 Å². The minimum atomic E-state index is -1.17. The molecule has 0 unspecified atom stereocenters. The molecule has 2 aromatic heterocycles. The Morgan fingerprint density at radius 1 is 1.32 bits per heavy atom. The molecule has 2 heterocycles. The van der Waals surface area contributed by atoms with E-state index >= 15 is 0 Å². The van der Waals surface area contributed by atoms with Crippen molar-refractivity contribution < 1.29 is 14.7 Å². The Morgan fingerprint density at radius 2 is 2.05 bits per heavy atom. The zero-order valence-electron chi connectivity index (χ0n) is 9.18. The van der Waals surface area contributed by atoms with Crippen LogP contribution < -0.4 is 5.32 Å². The smallest absolute Gasteiger partial charge is 0.354 e. The fourth-order valence-electron chi connectivity index (χ4n) is 1.32. The Hall–Kier alpha value is -1.63. The van der Waals surface area contributed by atoms with E-state index in [1.54, 1.807) is 0 Å². The molecule has 8 heteroatoms. The lowest BCUT2D eigenvalue weighted by atomic mass is 10.3. The van der Waals surface area contributed by atoms with Crippen LogP contribution in [0, 0.1) is 0 Å². The molecule has 0 aromatic carbocycles. The van der Waals surface area contributed by atoms with Gasteiger partial charge in [0, 0.05) is 11.9 Å². The molecule has 19 heavy (non-hydrogen) atoms. The van der Waals surface area contributed by atoms with Crippen molar-refractivity contribution in [3.8, 4) is 0 Å². The van der Waals surface area contributed by atoms with Crippen molar-refractivity contribution in [1.29, 1.82) is 0 Å². The number of carboxylic acid groups (broad SMARTS) is 1. The van der Waals surface area contributed by atoms with Crippen LogP contribution in [0.3, 0.4) is 0 Å². The highest BCUT2D eigenvalue weighted by molar-refractivity contribution is 7.20. The van der Waals surface area contributed by atoms with Crippen molar-refractivity contribution in [3.63, 3.8) is 0 Å². The molecule has 0 aliphatic rings. The maximum Gasteiger partial charge on any atom is 0.354 e. The standard InChI is InChI=1S/C11H6Cl2N2O3S/c12-8-4-6(9(13)19-8)10(16)15-5-1-2-14-7(3-5)11(17)18/h1-4H,(H,17,18)(H,14,15,16). The van der Waals surface area contributed by atoms with Gasteiger partial charge in [-0.25, -0.2) is 9.78 Å². The third-order valence-corrected chi connectivity index (χ3v) is 3.63. The largest absolute Gasteiger partial charge is 0.477 e. The van der Waals surface area contributed by atoms with Gasteiger partial charge in [-0.05, 0) is 18.2 Å². The molecule has 0 spiro atoms. The molecule has 0 fully saturated rings. The zero-order valence-corrected chi connectivity index (χ0v) is 11.5. The molecular formula is C11H6Cl2N2O3S. The van der Waals surface area contributed by atoms with Crippen molar-refractivity contribution >= 4 is 52.1 Å². The lowest BCUT2D eigenvalue weighted by Gasteiger charge is -2.04. The number of nitrogens with zero attached hydrogens (tertiary/aromatic N) is 1. The van der Waals surface area contributed by atoms with E-state index in [1.807, 2.05) is 0 Å². The molecule has 0 aliphatic carbocycles. The number of thiophene rings is 1. The fourth-order valence-corrected chi connectivity index (χ4v) is 2.78. The van der Waals surface area contributed by atoms with Crippen LogP contribution in [0.15, 0.2) is 24.4 Å². The summed E-state index contributed by atoms with van der Waals surface area (Å²) in [5, 5.41) is 11.3. The lowest BCUT2D eigenvalue weighted by Crippen LogP contribution is -2.12. The average Bonchev–Trinajstić information content (AvgIpc) is 2.69. The first kappa shape index (κ1) is 13.8. The highest BCUT2D eigenvalue weighted by atomic mass is 35.5. The van der Waals surface area contributed by atoms with Crippen LogP contribution >= 0.6 is 34.5 Å². The molecule has 2 rings (SSSR count). The number of aromatic carboxylic acids is 1. The summed E-state index contributed by atoms with van der Waals surface area (Å²) in [6.07, 6.45) is 1.29. The van der Waals surface area contributed by atoms with E-state index in [0.717, 1.165) is 11.3 Å². The van der Waals surface area contributed by atoms with Crippen molar-refractivity contribution in [1.82, 2.24) is 4.98 Å². The Balaban J connectivity index is 2.21. The first-order valence-corrected chi connectivity index (χ1v) is 6.50. The molecule has 1 amide bonds. The van der Waals surface area contributed by atoms with Gasteiger partial charge in [-0.15, -0.1) is 11.3 Å². The number of pyridine rings is 1. The summed E-state index contributed by atoms with van der Waals surface area (Å²) in [6.45, 7) is 0. The third kappa shape index (κ3) is 3.23. The second-order valence-corrected chi connectivity index (χ2v) is 5.71. The van der Waals surface area contributed by atoms with Gasteiger partial charge in [0.2, 0.25) is 0 Å². The molecule has 0 saturated heterocycles. The molecule has 0 saturated carbocycles. The van der Waals surface area contributed by atoms with Crippen LogP contribution in [0.5, 0.6) is 0 Å². The summed E-state index contributed by atoms with van der Waals surface area (Å²) in [4.78, 5) is 26.3. The Kier molecular flexibility index (Phi) is 4.04. The van der Waals surface area contributed by atoms with E-state index in [0.29, 0.717) is 10.0 Å². The molecular weight excluding hydrogens is 311 g/mol. The number of carboxylic acids is 1. The van der Waals surface area contributed by atoms with Crippen molar-refractivity contribution in [2.75, 3.05) is 5.32 Å². The molecule has 0 aliphatic heterocycles. The number of hydrogen-bond donors (Lipinski definition) is 2. The number of carbonyl (C=O) groups excluding carboxylic acids is 1. The summed E-state index contributed by atoms with van der Waals surface area (Å²) in [7, 11) is 0. The van der Waals surface area contributed by atoms with Crippen LogP contribution in [0.1, 0.15) is 20.8 Å². The summed E-state index contributed by atoms with van der Waals surface area (Å²) >= 11 is 12.7. The highest BCUT2D eigenvalue weighted by Gasteiger charge is 2.15. The van der Waals surface area contributed by atoms with Crippen molar-refractivity contribution in [2.24, 2.45) is 0 Å². The molecule has 2 N–H and O–H groups in total. The quantitative estimate of drug-likeness (QED) is 0.909. The van der Waals surface area contributed by atoms with E-state index < -0.39 is 11.9 Å². The minimum absolute atomic E-state index is 0.160. The van der Waals surface area contributed by atoms with Crippen LogP contribution in [-0.4, -0.2) is 22.0 Å². The Morgan fingerprint density at radius 3 is 2.63 bits per heavy atom. The number of anilines is 1. The number of aromatic nitrogens is 1. The van der Waals surface area contributed by atoms with Gasteiger partial charge < -0.3 is 10.4 Å². The topological polar surface area (TPSA) is 79.3 Å². The number of rotatable bonds is 3. The average molecular weight is 317 g/mol. The summed E-state index contributed by atoms with van der Waals surface area (Å²) in [5.41, 5.74) is 0.397. The maximum absolute atomic E-state index is 11.9. The molecule has 2 aromatic rings. The van der Waals surface area contributed by atoms with E-state index in [9.17, 15) is 9.59 Å². The monoisotopic (exact) mass is 316 g/mol. The van der Waals surface area contributed by atoms with Gasteiger partial charge in [-0.1, -0.05) is 23.2 Å². The Labute approximate surface area is 121 Å². The maximum atomic E-state index is 11.9. The van der Waals surface area contributed by atoms with Gasteiger partial charge in [0.1, 0.15) is 10.0 Å². The second kappa shape index (κ2) is 5.56. The number of amides is 1. The normalized spacial score (nSPS) is 10.2. The Bertz CT molecular complexity index is 657. The molecule has 98 valence electrons. The summed E-state index contributed by atoms with van der Waals surface area (Å²) in [6, 6.07) is 4.18. The van der Waals surface area contributed by atoms with Crippen LogP contribution in [0.4, 0.5) is 5.69 Å². The predicted molar refractivity (Wildman–Crippen MR) is 73.5 cm³/mol. The number of halogens is 2. The molecule has 5 nitrogen and oxygen atoms in total. The van der Waals surface area contributed by atoms with E-state index in [1.165, 1.54) is 24.4 Å². The summed E-state index contributed by atoms with van der Waals surface area (Å²) < 4.78 is 0.672. The number of carbonyl (C=O) groups is 2. The second-order valence-electron chi connectivity index (χ2n) is 3.43. The predicted octanol–water partition coefficient (Wildman–Crippen LogP) is 3.40. The van der Waals surface area contributed by atoms with Gasteiger partial charge in [0.25, 0.3) is 5.91 Å². The third-order valence-electron chi connectivity index (χ3n) is 2.14. The van der Waals surface area contributed by atoms with Crippen molar-refractivity contribution in [2.45, 2.75) is 0 Å². The molecule has 0 atom stereocenters. The molecule has 0 bridgehead atoms. The fraction of sp³-hybridized carbons (Fsp3) is 0. The van der Waals surface area contributed by atoms with Crippen LogP contribution in [-0.2, 0) is 0 Å². The number of hydrogen-bond acceptors (Lipinski definition) is 4. The molecule has 0 radical (unpaired) electrons. The van der Waals surface area contributed by atoms with E-state index in [2.05, 4.69) is 10.3 Å². The van der Waals surface area contributed by atoms with Crippen LogP contribution in [0.25, 0.3) is 0 Å². The van der Waals surface area contributed by atoms with Crippen LogP contribution in [0.2, 0.25) is 8.67 Å². The lowest BCUT2D eigenvalue weighted by molar-refractivity contribution is 0.0690. The SMILES string of the molecule is O=C(O)c1cc(NC(=O)c2cc(Cl)sc2Cl)ccn1. The van der Waals surface area contributed by atoms with Gasteiger partial charge in [0.05, 0.1) is 9.90 Å². The van der Waals surface area contributed by atoms with Gasteiger partial charge >= 0.3 is 5.97 Å². The zero-order chi connectivity index (χ0) is 14.0. The summed E-state index contributed by atoms with van der Waals surface area (Å²) in [5.74, 6) is -1.64. The number of nitrogens with one attached hydrogen (secondary N) is 1. The van der Waals surface area contributed by atoms with Crippen molar-refractivity contribution in [3.05, 3.63) is 44.3 Å². The van der Waals surface area contributed by atoms with Gasteiger partial charge in [-0.2, -0.15) is 0 Å². The minimum Gasteiger partial charge on any atom is -0.477 e. The first-order chi connectivity index (χ1) is 8.97. The first-order valence-electron chi connectivity index (χ1n) is 4.93.